The Morgan fingerprint density at radius 2 is 2.40 bits per heavy atom. The molecule has 0 aliphatic carbocycles. The Kier molecular flexibility index (Phi) is 2.53. The third-order valence-electron chi connectivity index (χ3n) is 1.31. The molecule has 1 rings (SSSR count). The molecule has 0 N–H and O–H groups in total. The molecule has 0 saturated carbocycles. The monoisotopic (exact) mass is 150 g/mol. The van der Waals surface area contributed by atoms with Crippen LogP contribution in [0.5, 0.6) is 0 Å². The fraction of sp³-hybridized carbons (Fsp3) is 0.333. The van der Waals surface area contributed by atoms with E-state index in [0.29, 0.717) is 0 Å². The fourth-order valence-electron chi connectivity index (χ4n) is 0.815. The first-order valence-corrected chi connectivity index (χ1v) is 4.13. The van der Waals surface area contributed by atoms with Crippen molar-refractivity contribution in [3.8, 4) is 12.3 Å². The highest BCUT2D eigenvalue weighted by Crippen LogP contribution is 2.15. The van der Waals surface area contributed by atoms with E-state index in [1.54, 1.807) is 0 Å². The number of rotatable bonds is 2. The minimum absolute atomic E-state index is 0.861. The standard InChI is InChI=1S/C9H10S/c1-3-4-5-9-7-6-8(2)10-9/h1,6-7H,4-5H2,2H3. The van der Waals surface area contributed by atoms with Crippen LogP contribution in [0.1, 0.15) is 16.2 Å². The fourth-order valence-corrected chi connectivity index (χ4v) is 1.70. The molecular formula is C9H10S. The summed E-state index contributed by atoms with van der Waals surface area (Å²) < 4.78 is 0. The molecule has 1 aromatic rings. The third-order valence-corrected chi connectivity index (χ3v) is 2.37. The van der Waals surface area contributed by atoms with Gasteiger partial charge in [0.05, 0.1) is 0 Å². The van der Waals surface area contributed by atoms with Gasteiger partial charge >= 0.3 is 0 Å². The van der Waals surface area contributed by atoms with Gasteiger partial charge in [-0.1, -0.05) is 0 Å². The second-order valence-corrected chi connectivity index (χ2v) is 3.59. The molecule has 0 radical (unpaired) electrons. The summed E-state index contributed by atoms with van der Waals surface area (Å²) in [5.74, 6) is 2.63. The van der Waals surface area contributed by atoms with Gasteiger partial charge in [0, 0.05) is 16.2 Å². The zero-order chi connectivity index (χ0) is 7.40. The molecule has 0 nitrogen and oxygen atoms in total. The zero-order valence-corrected chi connectivity index (χ0v) is 6.87. The number of hydrogen-bond donors (Lipinski definition) is 0. The quantitative estimate of drug-likeness (QED) is 0.568. The van der Waals surface area contributed by atoms with Crippen LogP contribution in [0.4, 0.5) is 0 Å². The van der Waals surface area contributed by atoms with Crippen molar-refractivity contribution < 1.29 is 0 Å². The molecule has 0 unspecified atom stereocenters. The van der Waals surface area contributed by atoms with E-state index in [9.17, 15) is 0 Å². The minimum Gasteiger partial charge on any atom is -0.146 e. The Morgan fingerprint density at radius 1 is 1.60 bits per heavy atom. The summed E-state index contributed by atoms with van der Waals surface area (Å²) in [5, 5.41) is 0. The highest BCUT2D eigenvalue weighted by atomic mass is 32.1. The lowest BCUT2D eigenvalue weighted by atomic mass is 10.3. The van der Waals surface area contributed by atoms with Gasteiger partial charge < -0.3 is 0 Å². The first-order valence-electron chi connectivity index (χ1n) is 3.31. The van der Waals surface area contributed by atoms with Crippen LogP contribution in [0, 0.1) is 19.3 Å². The lowest BCUT2D eigenvalue weighted by Gasteiger charge is -1.86. The van der Waals surface area contributed by atoms with Crippen molar-refractivity contribution in [1.82, 2.24) is 0 Å². The van der Waals surface area contributed by atoms with E-state index in [1.807, 2.05) is 11.3 Å². The first kappa shape index (κ1) is 7.37. The van der Waals surface area contributed by atoms with E-state index in [0.717, 1.165) is 12.8 Å². The van der Waals surface area contributed by atoms with Crippen LogP contribution in [-0.2, 0) is 6.42 Å². The molecule has 0 spiro atoms. The van der Waals surface area contributed by atoms with Crippen LogP contribution >= 0.6 is 11.3 Å². The summed E-state index contributed by atoms with van der Waals surface area (Å²) in [6.45, 7) is 2.12. The van der Waals surface area contributed by atoms with Gasteiger partial charge in [0.15, 0.2) is 0 Å². The van der Waals surface area contributed by atoms with Gasteiger partial charge in [0.25, 0.3) is 0 Å². The maximum atomic E-state index is 5.14. The molecule has 0 atom stereocenters. The molecule has 0 aliphatic heterocycles. The molecule has 0 aliphatic rings. The van der Waals surface area contributed by atoms with E-state index in [4.69, 9.17) is 6.42 Å². The second-order valence-electron chi connectivity index (χ2n) is 2.22. The summed E-state index contributed by atoms with van der Waals surface area (Å²) in [6, 6.07) is 4.29. The van der Waals surface area contributed by atoms with Crippen molar-refractivity contribution in [3.63, 3.8) is 0 Å². The summed E-state index contributed by atoms with van der Waals surface area (Å²) in [7, 11) is 0. The highest BCUT2D eigenvalue weighted by Gasteiger charge is 1.93. The maximum Gasteiger partial charge on any atom is 0.0134 e. The van der Waals surface area contributed by atoms with Gasteiger partial charge in [-0.2, -0.15) is 0 Å². The van der Waals surface area contributed by atoms with Gasteiger partial charge in [0.2, 0.25) is 0 Å². The molecule has 52 valence electrons. The topological polar surface area (TPSA) is 0 Å². The number of terminal acetylenes is 1. The molecule has 1 aromatic heterocycles. The summed E-state index contributed by atoms with van der Waals surface area (Å²) >= 11 is 1.83. The van der Waals surface area contributed by atoms with Crippen molar-refractivity contribution in [2.45, 2.75) is 19.8 Å². The summed E-state index contributed by atoms with van der Waals surface area (Å²) in [5.41, 5.74) is 0. The molecule has 0 aromatic carbocycles. The second kappa shape index (κ2) is 3.43. The van der Waals surface area contributed by atoms with Gasteiger partial charge in [0.1, 0.15) is 0 Å². The predicted molar refractivity (Wildman–Crippen MR) is 46.2 cm³/mol. The summed E-state index contributed by atoms with van der Waals surface area (Å²) in [6.07, 6.45) is 7.04. The zero-order valence-electron chi connectivity index (χ0n) is 6.05. The van der Waals surface area contributed by atoms with Crippen LogP contribution in [0.25, 0.3) is 0 Å². The minimum atomic E-state index is 0.861. The molecule has 10 heavy (non-hydrogen) atoms. The van der Waals surface area contributed by atoms with Crippen LogP contribution in [-0.4, -0.2) is 0 Å². The Morgan fingerprint density at radius 3 is 2.90 bits per heavy atom. The number of hydrogen-bond acceptors (Lipinski definition) is 1. The van der Waals surface area contributed by atoms with Gasteiger partial charge in [-0.3, -0.25) is 0 Å². The first-order chi connectivity index (χ1) is 4.83. The van der Waals surface area contributed by atoms with Gasteiger partial charge in [-0.15, -0.1) is 23.7 Å². The lowest BCUT2D eigenvalue weighted by molar-refractivity contribution is 1.06. The van der Waals surface area contributed by atoms with Crippen LogP contribution in [0.15, 0.2) is 12.1 Å². The molecule has 1 heterocycles. The van der Waals surface area contributed by atoms with Crippen molar-refractivity contribution in [2.75, 3.05) is 0 Å². The van der Waals surface area contributed by atoms with E-state index >= 15 is 0 Å². The van der Waals surface area contributed by atoms with Gasteiger partial charge in [-0.05, 0) is 25.5 Å². The molecule has 0 saturated heterocycles. The van der Waals surface area contributed by atoms with Gasteiger partial charge in [-0.25, -0.2) is 0 Å². The average molecular weight is 150 g/mol. The molecule has 0 bridgehead atoms. The third kappa shape index (κ3) is 1.89. The maximum absolute atomic E-state index is 5.14. The van der Waals surface area contributed by atoms with Crippen LogP contribution in [0.2, 0.25) is 0 Å². The Labute approximate surface area is 65.9 Å². The van der Waals surface area contributed by atoms with Crippen molar-refractivity contribution in [2.24, 2.45) is 0 Å². The number of aryl methyl sites for hydroxylation is 2. The molecule has 0 fully saturated rings. The average Bonchev–Trinajstić information content (AvgIpc) is 2.31. The van der Waals surface area contributed by atoms with Crippen LogP contribution in [0.3, 0.4) is 0 Å². The normalized spacial score (nSPS) is 9.20. The molecule has 0 amide bonds. The lowest BCUT2D eigenvalue weighted by Crippen LogP contribution is -1.74. The molecular weight excluding hydrogens is 140 g/mol. The van der Waals surface area contributed by atoms with E-state index in [2.05, 4.69) is 25.0 Å². The number of thiophene rings is 1. The Hall–Kier alpha value is -0.740. The van der Waals surface area contributed by atoms with Crippen LogP contribution < -0.4 is 0 Å². The largest absolute Gasteiger partial charge is 0.146 e. The SMILES string of the molecule is C#CCCc1ccc(C)s1. The van der Waals surface area contributed by atoms with E-state index in [1.165, 1.54) is 9.75 Å². The predicted octanol–water partition coefficient (Wildman–Crippen LogP) is 2.62. The Balaban J connectivity index is 2.52. The van der Waals surface area contributed by atoms with E-state index < -0.39 is 0 Å². The van der Waals surface area contributed by atoms with Crippen molar-refractivity contribution >= 4 is 11.3 Å². The van der Waals surface area contributed by atoms with Crippen molar-refractivity contribution in [1.29, 1.82) is 0 Å². The smallest absolute Gasteiger partial charge is 0.0134 e. The summed E-state index contributed by atoms with van der Waals surface area (Å²) in [4.78, 5) is 2.77. The van der Waals surface area contributed by atoms with Crippen molar-refractivity contribution in [3.05, 3.63) is 21.9 Å². The molecule has 1 heteroatoms. The Bertz CT molecular complexity index is 239. The highest BCUT2D eigenvalue weighted by molar-refractivity contribution is 7.11. The van der Waals surface area contributed by atoms with E-state index in [-0.39, 0.29) is 0 Å².